The quantitative estimate of drug-likeness (QED) is 0.538. The van der Waals surface area contributed by atoms with Gasteiger partial charge >= 0.3 is 0 Å². The van der Waals surface area contributed by atoms with Gasteiger partial charge < -0.3 is 9.47 Å². The maximum Gasteiger partial charge on any atom is 0.168 e. The first-order chi connectivity index (χ1) is 12.4. The van der Waals surface area contributed by atoms with Crippen molar-refractivity contribution >= 4 is 0 Å². The fraction of sp³-hybridized carbons (Fsp3) is 0.917. The van der Waals surface area contributed by atoms with Crippen LogP contribution in [-0.4, -0.2) is 19.0 Å². The summed E-state index contributed by atoms with van der Waals surface area (Å²) >= 11 is 0. The van der Waals surface area contributed by atoms with Crippen LogP contribution in [0.25, 0.3) is 0 Å². The standard InChI is InChI=1S/C24H38O2/c1-5-17-6-7-19-18-14-16(2)21-15-24(25-12-13-26-24)11-10-23(21,4)20(18)8-9-22(17,19)3/h6,16,18-21H,5,7-15H2,1-4H3. The van der Waals surface area contributed by atoms with Crippen molar-refractivity contribution in [1.82, 2.24) is 0 Å². The van der Waals surface area contributed by atoms with Crippen molar-refractivity contribution in [3.8, 4) is 0 Å². The molecular weight excluding hydrogens is 320 g/mol. The number of hydrogen-bond donors (Lipinski definition) is 0. The highest BCUT2D eigenvalue weighted by molar-refractivity contribution is 5.25. The van der Waals surface area contributed by atoms with E-state index in [1.807, 2.05) is 0 Å². The van der Waals surface area contributed by atoms with Crippen molar-refractivity contribution in [3.05, 3.63) is 11.6 Å². The van der Waals surface area contributed by atoms with Crippen LogP contribution >= 0.6 is 0 Å². The number of hydrogen-bond acceptors (Lipinski definition) is 2. The van der Waals surface area contributed by atoms with Gasteiger partial charge in [0.05, 0.1) is 13.2 Å². The molecule has 0 aromatic carbocycles. The summed E-state index contributed by atoms with van der Waals surface area (Å²) in [5, 5.41) is 0. The molecule has 2 heteroatoms. The first-order valence-electron chi connectivity index (χ1n) is 11.4. The van der Waals surface area contributed by atoms with Gasteiger partial charge in [-0.25, -0.2) is 0 Å². The van der Waals surface area contributed by atoms with Gasteiger partial charge in [0.1, 0.15) is 0 Å². The van der Waals surface area contributed by atoms with Gasteiger partial charge in [-0.2, -0.15) is 0 Å². The van der Waals surface area contributed by atoms with Crippen LogP contribution < -0.4 is 0 Å². The van der Waals surface area contributed by atoms with Gasteiger partial charge in [-0.1, -0.05) is 39.3 Å². The van der Waals surface area contributed by atoms with Crippen LogP contribution in [0.2, 0.25) is 0 Å². The first-order valence-corrected chi connectivity index (χ1v) is 11.4. The van der Waals surface area contributed by atoms with E-state index in [0.717, 1.165) is 55.6 Å². The van der Waals surface area contributed by atoms with E-state index >= 15 is 0 Å². The Hall–Kier alpha value is -0.340. The molecule has 1 aliphatic heterocycles. The lowest BCUT2D eigenvalue weighted by Crippen LogP contribution is -2.58. The van der Waals surface area contributed by atoms with Crippen LogP contribution in [0, 0.1) is 40.4 Å². The summed E-state index contributed by atoms with van der Waals surface area (Å²) in [6.45, 7) is 11.8. The molecule has 0 radical (unpaired) electrons. The molecule has 7 atom stereocenters. The summed E-state index contributed by atoms with van der Waals surface area (Å²) in [6.07, 6.45) is 13.1. The molecule has 0 aromatic rings. The molecule has 0 bridgehead atoms. The van der Waals surface area contributed by atoms with Crippen LogP contribution in [0.15, 0.2) is 11.6 Å². The topological polar surface area (TPSA) is 18.5 Å². The molecule has 4 aliphatic carbocycles. The van der Waals surface area contributed by atoms with E-state index in [2.05, 4.69) is 33.8 Å². The highest BCUT2D eigenvalue weighted by atomic mass is 16.7. The Morgan fingerprint density at radius 2 is 1.81 bits per heavy atom. The minimum absolute atomic E-state index is 0.223. The molecule has 0 N–H and O–H groups in total. The van der Waals surface area contributed by atoms with Crippen molar-refractivity contribution in [1.29, 1.82) is 0 Å². The molecule has 4 fully saturated rings. The van der Waals surface area contributed by atoms with Crippen molar-refractivity contribution in [2.75, 3.05) is 13.2 Å². The SMILES string of the molecule is CCC1=CCC2C3CC(C)C4CC5(CCC4(C)C3CCC12C)OCCO5. The van der Waals surface area contributed by atoms with Crippen molar-refractivity contribution in [2.45, 2.75) is 84.8 Å². The summed E-state index contributed by atoms with van der Waals surface area (Å²) < 4.78 is 12.3. The highest BCUT2D eigenvalue weighted by Crippen LogP contribution is 2.68. The lowest BCUT2D eigenvalue weighted by Gasteiger charge is -2.63. The Labute approximate surface area is 160 Å². The summed E-state index contributed by atoms with van der Waals surface area (Å²) in [6, 6.07) is 0. The second-order valence-electron chi connectivity index (χ2n) is 10.8. The molecule has 5 aliphatic rings. The number of fused-ring (bicyclic) bond motifs is 5. The molecule has 2 nitrogen and oxygen atoms in total. The van der Waals surface area contributed by atoms with Crippen LogP contribution in [0.3, 0.4) is 0 Å². The molecule has 26 heavy (non-hydrogen) atoms. The second-order valence-corrected chi connectivity index (χ2v) is 10.8. The van der Waals surface area contributed by atoms with E-state index in [-0.39, 0.29) is 5.79 Å². The Balaban J connectivity index is 1.44. The van der Waals surface area contributed by atoms with Gasteiger partial charge in [0, 0.05) is 12.8 Å². The minimum atomic E-state index is -0.223. The zero-order valence-electron chi connectivity index (χ0n) is 17.4. The van der Waals surface area contributed by atoms with E-state index < -0.39 is 0 Å². The smallest absolute Gasteiger partial charge is 0.168 e. The Morgan fingerprint density at radius 3 is 2.54 bits per heavy atom. The van der Waals surface area contributed by atoms with E-state index in [4.69, 9.17) is 9.47 Å². The number of allylic oxidation sites excluding steroid dienone is 2. The Bertz CT molecular complexity index is 603. The Morgan fingerprint density at radius 1 is 1.04 bits per heavy atom. The van der Waals surface area contributed by atoms with Crippen LogP contribution in [0.1, 0.15) is 79.1 Å². The number of ether oxygens (including phenoxy) is 2. The summed E-state index contributed by atoms with van der Waals surface area (Å²) in [7, 11) is 0. The molecule has 5 rings (SSSR count). The van der Waals surface area contributed by atoms with Crippen molar-refractivity contribution in [3.63, 3.8) is 0 Å². The molecule has 0 amide bonds. The first kappa shape index (κ1) is 17.7. The van der Waals surface area contributed by atoms with Gasteiger partial charge in [-0.15, -0.1) is 0 Å². The fourth-order valence-electron chi connectivity index (χ4n) is 8.62. The van der Waals surface area contributed by atoms with Gasteiger partial charge in [0.2, 0.25) is 0 Å². The van der Waals surface area contributed by atoms with E-state index in [9.17, 15) is 0 Å². The molecule has 7 unspecified atom stereocenters. The average molecular weight is 359 g/mol. The predicted octanol–water partition coefficient (Wildman–Crippen LogP) is 5.96. The van der Waals surface area contributed by atoms with E-state index in [1.54, 1.807) is 5.57 Å². The summed E-state index contributed by atoms with van der Waals surface area (Å²) in [5.74, 6) is 4.12. The third-order valence-electron chi connectivity index (χ3n) is 9.97. The van der Waals surface area contributed by atoms with Gasteiger partial charge in [-0.3, -0.25) is 0 Å². The van der Waals surface area contributed by atoms with Crippen LogP contribution in [0.4, 0.5) is 0 Å². The lowest BCUT2D eigenvalue weighted by molar-refractivity contribution is -0.237. The Kier molecular flexibility index (Phi) is 3.98. The highest BCUT2D eigenvalue weighted by Gasteiger charge is 2.62. The summed E-state index contributed by atoms with van der Waals surface area (Å²) in [5.41, 5.74) is 2.78. The van der Waals surface area contributed by atoms with Crippen LogP contribution in [-0.2, 0) is 9.47 Å². The van der Waals surface area contributed by atoms with E-state index in [1.165, 1.54) is 38.5 Å². The molecule has 3 saturated carbocycles. The zero-order chi connectivity index (χ0) is 18.2. The predicted molar refractivity (Wildman–Crippen MR) is 105 cm³/mol. The largest absolute Gasteiger partial charge is 0.348 e. The maximum absolute atomic E-state index is 6.14. The molecule has 146 valence electrons. The molecule has 1 heterocycles. The van der Waals surface area contributed by atoms with Crippen molar-refractivity contribution in [2.24, 2.45) is 40.4 Å². The lowest BCUT2D eigenvalue weighted by atomic mass is 9.42. The second kappa shape index (κ2) is 5.83. The van der Waals surface area contributed by atoms with Gasteiger partial charge in [0.25, 0.3) is 0 Å². The molecule has 1 spiro atoms. The van der Waals surface area contributed by atoms with Gasteiger partial charge in [-0.05, 0) is 78.9 Å². The molecular formula is C24H38O2. The average Bonchev–Trinajstić information content (AvgIpc) is 3.21. The third-order valence-corrected chi connectivity index (χ3v) is 9.97. The van der Waals surface area contributed by atoms with E-state index in [0.29, 0.717) is 10.8 Å². The third kappa shape index (κ3) is 2.24. The number of rotatable bonds is 1. The van der Waals surface area contributed by atoms with Crippen LogP contribution in [0.5, 0.6) is 0 Å². The van der Waals surface area contributed by atoms with Crippen molar-refractivity contribution < 1.29 is 9.47 Å². The molecule has 1 saturated heterocycles. The maximum atomic E-state index is 6.14. The zero-order valence-corrected chi connectivity index (χ0v) is 17.4. The molecule has 0 aromatic heterocycles. The monoisotopic (exact) mass is 358 g/mol. The minimum Gasteiger partial charge on any atom is -0.348 e. The summed E-state index contributed by atoms with van der Waals surface area (Å²) in [4.78, 5) is 0. The van der Waals surface area contributed by atoms with Gasteiger partial charge in [0.15, 0.2) is 5.79 Å². The fourth-order valence-corrected chi connectivity index (χ4v) is 8.62. The normalized spacial score (nSPS) is 52.3.